The normalized spacial score (nSPS) is 18.5. The van der Waals surface area contributed by atoms with Gasteiger partial charge in [0.2, 0.25) is 0 Å². The van der Waals surface area contributed by atoms with E-state index in [4.69, 9.17) is 0 Å². The molecule has 0 saturated carbocycles. The molecular formula is C6H11N2O2P. The summed E-state index contributed by atoms with van der Waals surface area (Å²) >= 11 is 0. The van der Waals surface area contributed by atoms with Gasteiger partial charge >= 0.3 is 6.09 Å². The van der Waals surface area contributed by atoms with Crippen LogP contribution >= 0.6 is 8.43 Å². The predicted molar refractivity (Wildman–Crippen MR) is 44.5 cm³/mol. The van der Waals surface area contributed by atoms with Crippen molar-refractivity contribution in [3.8, 4) is 0 Å². The molecule has 0 unspecified atom stereocenters. The minimum absolute atomic E-state index is 0.388. The average Bonchev–Trinajstić information content (AvgIpc) is 2.40. The molecule has 1 fully saturated rings. The molecule has 0 aromatic carbocycles. The van der Waals surface area contributed by atoms with Gasteiger partial charge in [0, 0.05) is 13.1 Å². The molecular weight excluding hydrogens is 163 g/mol. The maximum atomic E-state index is 10.8. The molecule has 5 heteroatoms. The Morgan fingerprint density at radius 1 is 1.55 bits per heavy atom. The van der Waals surface area contributed by atoms with Crippen molar-refractivity contribution >= 4 is 20.8 Å². The smallest absolute Gasteiger partial charge is 0.391 e. The zero-order valence-corrected chi connectivity index (χ0v) is 7.14. The second-order valence-corrected chi connectivity index (χ2v) is 2.75. The summed E-state index contributed by atoms with van der Waals surface area (Å²) in [7, 11) is 0.388. The molecule has 0 aromatic rings. The standard InChI is InChI=1S/C6H11N2O2P/c1-11-10-6(9)7-8-4-2-3-5-8/h1-5H2,(H,7,9). The predicted octanol–water partition coefficient (Wildman–Crippen LogP) is 1.02. The van der Waals surface area contributed by atoms with Crippen LogP contribution in [0.15, 0.2) is 0 Å². The Labute approximate surface area is 67.4 Å². The molecule has 1 saturated heterocycles. The van der Waals surface area contributed by atoms with Gasteiger partial charge in [-0.3, -0.25) is 5.43 Å². The van der Waals surface area contributed by atoms with E-state index in [0.717, 1.165) is 25.9 Å². The third-order valence-electron chi connectivity index (χ3n) is 1.50. The SMILES string of the molecule is C=POC(=O)NN1CCCC1. The van der Waals surface area contributed by atoms with Gasteiger partial charge in [-0.2, -0.15) is 0 Å². The van der Waals surface area contributed by atoms with Gasteiger partial charge in [0.25, 0.3) is 0 Å². The molecule has 0 bridgehead atoms. The molecule has 0 aliphatic carbocycles. The lowest BCUT2D eigenvalue weighted by Crippen LogP contribution is -2.39. The average molecular weight is 174 g/mol. The van der Waals surface area contributed by atoms with Crippen LogP contribution in [-0.4, -0.2) is 30.5 Å². The first-order chi connectivity index (χ1) is 5.33. The summed E-state index contributed by atoms with van der Waals surface area (Å²) in [4.78, 5) is 10.8. The quantitative estimate of drug-likeness (QED) is 0.635. The Kier molecular flexibility index (Phi) is 3.33. The summed E-state index contributed by atoms with van der Waals surface area (Å²) in [5.74, 6) is 0. The number of carbonyl (C=O) groups excluding carboxylic acids is 1. The molecule has 1 rings (SSSR count). The lowest BCUT2D eigenvalue weighted by atomic mass is 10.4. The van der Waals surface area contributed by atoms with Crippen molar-refractivity contribution < 1.29 is 9.32 Å². The van der Waals surface area contributed by atoms with E-state index < -0.39 is 6.09 Å². The van der Waals surface area contributed by atoms with Crippen molar-refractivity contribution in [2.75, 3.05) is 13.1 Å². The number of hydrogen-bond donors (Lipinski definition) is 1. The molecule has 1 amide bonds. The summed E-state index contributed by atoms with van der Waals surface area (Å²) < 4.78 is 4.57. The minimum atomic E-state index is -0.413. The third kappa shape index (κ3) is 2.87. The van der Waals surface area contributed by atoms with Crippen molar-refractivity contribution in [2.24, 2.45) is 0 Å². The maximum Gasteiger partial charge on any atom is 0.430 e. The van der Waals surface area contributed by atoms with Crippen LogP contribution in [0, 0.1) is 0 Å². The number of carbonyl (C=O) groups is 1. The van der Waals surface area contributed by atoms with Gasteiger partial charge in [-0.05, 0) is 19.1 Å². The van der Waals surface area contributed by atoms with Crippen molar-refractivity contribution in [3.63, 3.8) is 0 Å². The zero-order chi connectivity index (χ0) is 8.10. The maximum absolute atomic E-state index is 10.8. The van der Waals surface area contributed by atoms with Crippen LogP contribution in [0.1, 0.15) is 12.8 Å². The third-order valence-corrected chi connectivity index (χ3v) is 1.80. The van der Waals surface area contributed by atoms with Crippen molar-refractivity contribution in [1.29, 1.82) is 0 Å². The topological polar surface area (TPSA) is 41.6 Å². The zero-order valence-electron chi connectivity index (χ0n) is 6.25. The Bertz CT molecular complexity index is 157. The van der Waals surface area contributed by atoms with E-state index in [1.807, 2.05) is 5.01 Å². The highest BCUT2D eigenvalue weighted by molar-refractivity contribution is 7.31. The number of hydrazine groups is 1. The van der Waals surface area contributed by atoms with E-state index in [0.29, 0.717) is 8.43 Å². The highest BCUT2D eigenvalue weighted by Gasteiger charge is 2.13. The summed E-state index contributed by atoms with van der Waals surface area (Å²) in [6, 6.07) is 0. The van der Waals surface area contributed by atoms with Crippen LogP contribution in [0.2, 0.25) is 0 Å². The van der Waals surface area contributed by atoms with Gasteiger partial charge in [-0.15, -0.1) is 0 Å². The highest BCUT2D eigenvalue weighted by Crippen LogP contribution is 2.04. The Morgan fingerprint density at radius 3 is 2.73 bits per heavy atom. The largest absolute Gasteiger partial charge is 0.430 e. The molecule has 11 heavy (non-hydrogen) atoms. The van der Waals surface area contributed by atoms with E-state index in [-0.39, 0.29) is 0 Å². The molecule has 0 aromatic heterocycles. The fourth-order valence-electron chi connectivity index (χ4n) is 1.04. The Morgan fingerprint density at radius 2 is 2.18 bits per heavy atom. The van der Waals surface area contributed by atoms with Gasteiger partial charge in [-0.1, -0.05) is 0 Å². The van der Waals surface area contributed by atoms with Crippen LogP contribution in [0.4, 0.5) is 4.79 Å². The fourth-order valence-corrected chi connectivity index (χ4v) is 1.20. The molecule has 0 spiro atoms. The van der Waals surface area contributed by atoms with E-state index in [2.05, 4.69) is 16.2 Å². The molecule has 0 radical (unpaired) electrons. The summed E-state index contributed by atoms with van der Waals surface area (Å²) in [6.45, 7) is 1.84. The number of hydrogen-bond acceptors (Lipinski definition) is 3. The van der Waals surface area contributed by atoms with Gasteiger partial charge in [0.1, 0.15) is 8.43 Å². The Hall–Kier alpha value is -0.600. The van der Waals surface area contributed by atoms with Gasteiger partial charge in [0.05, 0.1) is 0 Å². The fraction of sp³-hybridized carbons (Fsp3) is 0.667. The molecule has 0 atom stereocenters. The molecule has 62 valence electrons. The van der Waals surface area contributed by atoms with E-state index >= 15 is 0 Å². The molecule has 4 nitrogen and oxygen atoms in total. The van der Waals surface area contributed by atoms with Crippen LogP contribution in [0.25, 0.3) is 0 Å². The second kappa shape index (κ2) is 4.31. The molecule has 1 aliphatic rings. The van der Waals surface area contributed by atoms with Gasteiger partial charge < -0.3 is 4.52 Å². The monoisotopic (exact) mass is 174 g/mol. The Balaban J connectivity index is 2.18. The van der Waals surface area contributed by atoms with E-state index in [9.17, 15) is 4.79 Å². The number of nitrogens with zero attached hydrogens (tertiary/aromatic N) is 1. The highest BCUT2D eigenvalue weighted by atomic mass is 31.1. The van der Waals surface area contributed by atoms with E-state index in [1.54, 1.807) is 0 Å². The number of rotatable bonds is 2. The van der Waals surface area contributed by atoms with Crippen LogP contribution in [-0.2, 0) is 4.52 Å². The van der Waals surface area contributed by atoms with Crippen molar-refractivity contribution in [1.82, 2.24) is 10.4 Å². The minimum Gasteiger partial charge on any atom is -0.391 e. The first-order valence-electron chi connectivity index (χ1n) is 3.51. The summed E-state index contributed by atoms with van der Waals surface area (Å²) in [5.41, 5.74) is 2.60. The van der Waals surface area contributed by atoms with Gasteiger partial charge in [-0.25, -0.2) is 9.80 Å². The number of nitrogens with one attached hydrogen (secondary N) is 1. The molecule has 1 N–H and O–H groups in total. The first kappa shape index (κ1) is 8.50. The number of amides is 1. The van der Waals surface area contributed by atoms with Crippen LogP contribution < -0.4 is 5.43 Å². The lowest BCUT2D eigenvalue weighted by Gasteiger charge is -2.13. The molecule has 1 aliphatic heterocycles. The summed E-state index contributed by atoms with van der Waals surface area (Å²) in [6.07, 6.45) is 5.24. The van der Waals surface area contributed by atoms with Gasteiger partial charge in [0.15, 0.2) is 0 Å². The molecule has 1 heterocycles. The van der Waals surface area contributed by atoms with Crippen molar-refractivity contribution in [3.05, 3.63) is 0 Å². The summed E-state index contributed by atoms with van der Waals surface area (Å²) in [5, 5.41) is 1.85. The van der Waals surface area contributed by atoms with Crippen molar-refractivity contribution in [2.45, 2.75) is 12.8 Å². The first-order valence-corrected chi connectivity index (χ1v) is 4.51. The van der Waals surface area contributed by atoms with Crippen LogP contribution in [0.3, 0.4) is 0 Å². The second-order valence-electron chi connectivity index (χ2n) is 2.31. The van der Waals surface area contributed by atoms with Crippen LogP contribution in [0.5, 0.6) is 0 Å². The lowest BCUT2D eigenvalue weighted by molar-refractivity contribution is 0.166. The van der Waals surface area contributed by atoms with E-state index in [1.165, 1.54) is 0 Å².